The molecule has 106 valence electrons. The summed E-state index contributed by atoms with van der Waals surface area (Å²) in [4.78, 5) is 20.1. The predicted octanol–water partition coefficient (Wildman–Crippen LogP) is 3.24. The summed E-state index contributed by atoms with van der Waals surface area (Å²) >= 11 is 11.9. The molecule has 1 aromatic carbocycles. The minimum absolute atomic E-state index is 0.175. The van der Waals surface area contributed by atoms with Crippen LogP contribution in [0.4, 0.5) is 0 Å². The predicted molar refractivity (Wildman–Crippen MR) is 82.2 cm³/mol. The summed E-state index contributed by atoms with van der Waals surface area (Å²) in [6.07, 6.45) is 1.40. The Morgan fingerprint density at radius 3 is 2.57 bits per heavy atom. The highest BCUT2D eigenvalue weighted by Crippen LogP contribution is 2.27. The normalized spacial score (nSPS) is 10.8. The fraction of sp³-hybridized carbons (Fsp3) is 0.0714. The number of aromatic nitrogens is 4. The molecule has 0 saturated heterocycles. The lowest BCUT2D eigenvalue weighted by Crippen LogP contribution is -2.15. The molecule has 1 N–H and O–H groups in total. The average Bonchev–Trinajstić information content (AvgIpc) is 2.81. The summed E-state index contributed by atoms with van der Waals surface area (Å²) in [6.45, 7) is 1.80. The Morgan fingerprint density at radius 2 is 1.90 bits per heavy atom. The molecule has 0 aliphatic rings. The van der Waals surface area contributed by atoms with E-state index in [9.17, 15) is 4.79 Å². The molecule has 0 fully saturated rings. The van der Waals surface area contributed by atoms with Gasteiger partial charge < -0.3 is 0 Å². The van der Waals surface area contributed by atoms with E-state index in [4.69, 9.17) is 23.2 Å². The maximum atomic E-state index is 11.8. The Balaban J connectivity index is 2.10. The van der Waals surface area contributed by atoms with Gasteiger partial charge in [-0.25, -0.2) is 14.6 Å². The maximum absolute atomic E-state index is 11.8. The van der Waals surface area contributed by atoms with Crippen molar-refractivity contribution in [2.24, 2.45) is 0 Å². The lowest BCUT2D eigenvalue weighted by Gasteiger charge is -2.05. The molecule has 3 aromatic rings. The van der Waals surface area contributed by atoms with Crippen LogP contribution >= 0.6 is 23.2 Å². The maximum Gasteiger partial charge on any atom is 0.272 e. The molecule has 5 nitrogen and oxygen atoms in total. The zero-order chi connectivity index (χ0) is 15.0. The van der Waals surface area contributed by atoms with Crippen molar-refractivity contribution in [1.29, 1.82) is 0 Å². The first kappa shape index (κ1) is 13.9. The fourth-order valence-corrected chi connectivity index (χ4v) is 2.26. The molecule has 0 unspecified atom stereocenters. The molecule has 3 rings (SSSR count). The van der Waals surface area contributed by atoms with Gasteiger partial charge in [0.1, 0.15) is 6.33 Å². The minimum Gasteiger partial charge on any atom is -0.294 e. The van der Waals surface area contributed by atoms with Crippen LogP contribution in [0.3, 0.4) is 0 Å². The molecule has 2 aromatic heterocycles. The van der Waals surface area contributed by atoms with Gasteiger partial charge in [-0.3, -0.25) is 9.89 Å². The van der Waals surface area contributed by atoms with Gasteiger partial charge in [0.25, 0.3) is 5.56 Å². The lowest BCUT2D eigenvalue weighted by molar-refractivity contribution is 0.802. The second-order valence-electron chi connectivity index (χ2n) is 4.50. The van der Waals surface area contributed by atoms with Crippen molar-refractivity contribution in [3.63, 3.8) is 0 Å². The molecular formula is C14H10Cl2N4O. The minimum atomic E-state index is -0.175. The quantitative estimate of drug-likeness (QED) is 0.788. The van der Waals surface area contributed by atoms with Gasteiger partial charge in [-0.1, -0.05) is 29.3 Å². The van der Waals surface area contributed by atoms with Gasteiger partial charge in [0.2, 0.25) is 0 Å². The van der Waals surface area contributed by atoms with Gasteiger partial charge in [-0.15, -0.1) is 0 Å². The molecule has 0 atom stereocenters. The number of rotatable bonds is 2. The first-order valence-electron chi connectivity index (χ1n) is 6.11. The molecule has 0 saturated carbocycles. The molecule has 0 aliphatic carbocycles. The SMILES string of the molecule is Cc1cc(=O)n(-c2cc(-c3ccc(Cl)c(Cl)c3)ncn2)[nH]1. The van der Waals surface area contributed by atoms with Crippen LogP contribution in [0.5, 0.6) is 0 Å². The second kappa shape index (κ2) is 5.35. The number of nitrogens with one attached hydrogen (secondary N) is 1. The van der Waals surface area contributed by atoms with E-state index in [0.29, 0.717) is 21.6 Å². The van der Waals surface area contributed by atoms with Crippen LogP contribution in [-0.4, -0.2) is 19.7 Å². The van der Waals surface area contributed by atoms with Gasteiger partial charge in [0, 0.05) is 23.4 Å². The van der Waals surface area contributed by atoms with E-state index >= 15 is 0 Å². The van der Waals surface area contributed by atoms with Crippen LogP contribution in [0.1, 0.15) is 5.69 Å². The van der Waals surface area contributed by atoms with Gasteiger partial charge in [-0.05, 0) is 19.1 Å². The number of benzene rings is 1. The van der Waals surface area contributed by atoms with E-state index in [-0.39, 0.29) is 5.56 Å². The molecule has 2 heterocycles. The van der Waals surface area contributed by atoms with Crippen molar-refractivity contribution in [3.8, 4) is 17.1 Å². The summed E-state index contributed by atoms with van der Waals surface area (Å²) in [5.41, 5.74) is 2.03. The van der Waals surface area contributed by atoms with Crippen molar-refractivity contribution in [2.75, 3.05) is 0 Å². The van der Waals surface area contributed by atoms with Crippen molar-refractivity contribution < 1.29 is 0 Å². The van der Waals surface area contributed by atoms with E-state index in [1.807, 2.05) is 6.07 Å². The highest BCUT2D eigenvalue weighted by atomic mass is 35.5. The van der Waals surface area contributed by atoms with E-state index < -0.39 is 0 Å². The topological polar surface area (TPSA) is 63.6 Å². The van der Waals surface area contributed by atoms with E-state index in [1.54, 1.807) is 25.1 Å². The van der Waals surface area contributed by atoms with E-state index in [1.165, 1.54) is 17.1 Å². The molecule has 0 radical (unpaired) electrons. The standard InChI is InChI=1S/C14H10Cl2N4O/c1-8-4-14(21)20(19-8)13-6-12(17-7-18-13)9-2-3-10(15)11(16)5-9/h2-7,19H,1H3. The fourth-order valence-electron chi connectivity index (χ4n) is 1.97. The third-order valence-corrected chi connectivity index (χ3v) is 3.68. The number of aryl methyl sites for hydroxylation is 1. The Bertz CT molecular complexity index is 869. The second-order valence-corrected chi connectivity index (χ2v) is 5.32. The van der Waals surface area contributed by atoms with Gasteiger partial charge >= 0.3 is 0 Å². The smallest absolute Gasteiger partial charge is 0.272 e. The van der Waals surface area contributed by atoms with Crippen molar-refractivity contribution in [3.05, 3.63) is 62.8 Å². The number of hydrogen-bond acceptors (Lipinski definition) is 3. The summed E-state index contributed by atoms with van der Waals surface area (Å²) in [7, 11) is 0. The molecule has 0 amide bonds. The summed E-state index contributed by atoms with van der Waals surface area (Å²) in [5, 5.41) is 3.85. The third-order valence-electron chi connectivity index (χ3n) is 2.95. The molecule has 0 spiro atoms. The van der Waals surface area contributed by atoms with E-state index in [0.717, 1.165) is 11.3 Å². The molecule has 0 aliphatic heterocycles. The third kappa shape index (κ3) is 2.70. The summed E-state index contributed by atoms with van der Waals surface area (Å²) in [6, 6.07) is 8.44. The number of H-pyrrole nitrogens is 1. The van der Waals surface area contributed by atoms with Crippen LogP contribution in [0.15, 0.2) is 41.5 Å². The van der Waals surface area contributed by atoms with Crippen molar-refractivity contribution in [2.45, 2.75) is 6.92 Å². The van der Waals surface area contributed by atoms with Gasteiger partial charge in [0.15, 0.2) is 5.82 Å². The van der Waals surface area contributed by atoms with Crippen LogP contribution < -0.4 is 5.56 Å². The zero-order valence-corrected chi connectivity index (χ0v) is 12.5. The number of nitrogens with zero attached hydrogens (tertiary/aromatic N) is 3. The van der Waals surface area contributed by atoms with Crippen LogP contribution in [-0.2, 0) is 0 Å². The average molecular weight is 321 g/mol. The van der Waals surface area contributed by atoms with Crippen LogP contribution in [0, 0.1) is 6.92 Å². The molecule has 21 heavy (non-hydrogen) atoms. The highest BCUT2D eigenvalue weighted by molar-refractivity contribution is 6.42. The summed E-state index contributed by atoms with van der Waals surface area (Å²) in [5.74, 6) is 0.462. The van der Waals surface area contributed by atoms with E-state index in [2.05, 4.69) is 15.1 Å². The number of hydrogen-bond donors (Lipinski definition) is 1. The van der Waals surface area contributed by atoms with Crippen molar-refractivity contribution >= 4 is 23.2 Å². The van der Waals surface area contributed by atoms with Gasteiger partial charge in [0.05, 0.1) is 15.7 Å². The Hall–Kier alpha value is -2.11. The molecule has 0 bridgehead atoms. The Morgan fingerprint density at radius 1 is 1.10 bits per heavy atom. The zero-order valence-electron chi connectivity index (χ0n) is 11.0. The number of aromatic amines is 1. The van der Waals surface area contributed by atoms with Crippen LogP contribution in [0.2, 0.25) is 10.0 Å². The Kier molecular flexibility index (Phi) is 3.53. The first-order chi connectivity index (χ1) is 10.0. The number of halogens is 2. The van der Waals surface area contributed by atoms with Crippen molar-refractivity contribution in [1.82, 2.24) is 19.7 Å². The monoisotopic (exact) mass is 320 g/mol. The Labute approximate surface area is 130 Å². The lowest BCUT2D eigenvalue weighted by atomic mass is 10.1. The largest absolute Gasteiger partial charge is 0.294 e. The van der Waals surface area contributed by atoms with Gasteiger partial charge in [-0.2, -0.15) is 0 Å². The first-order valence-corrected chi connectivity index (χ1v) is 6.87. The highest BCUT2D eigenvalue weighted by Gasteiger charge is 2.08. The van der Waals surface area contributed by atoms with Crippen LogP contribution in [0.25, 0.3) is 17.1 Å². The molecular weight excluding hydrogens is 311 g/mol. The molecule has 7 heteroatoms. The summed E-state index contributed by atoms with van der Waals surface area (Å²) < 4.78 is 1.36.